The molecule has 1 aromatic heterocycles. The lowest BCUT2D eigenvalue weighted by Crippen LogP contribution is -2.56. The van der Waals surface area contributed by atoms with Crippen molar-refractivity contribution in [1.29, 1.82) is 0 Å². The molecule has 1 saturated heterocycles. The van der Waals surface area contributed by atoms with Crippen molar-refractivity contribution in [3.63, 3.8) is 0 Å². The van der Waals surface area contributed by atoms with Crippen LogP contribution in [0.2, 0.25) is 0 Å². The monoisotopic (exact) mass is 288 g/mol. The molecule has 0 bridgehead atoms. The molecule has 4 N–H and O–H groups in total. The van der Waals surface area contributed by atoms with Crippen LogP contribution in [-0.4, -0.2) is 43.9 Å². The highest BCUT2D eigenvalue weighted by molar-refractivity contribution is 7.89. The van der Waals surface area contributed by atoms with Crippen molar-refractivity contribution in [2.75, 3.05) is 19.8 Å². The van der Waals surface area contributed by atoms with E-state index in [1.165, 1.54) is 0 Å². The number of aromatic nitrogens is 2. The topological polar surface area (TPSA) is 110 Å². The molecule has 0 saturated carbocycles. The minimum absolute atomic E-state index is 0.215. The number of hydrogen-bond donors (Lipinski definition) is 3. The lowest BCUT2D eigenvalue weighted by molar-refractivity contribution is 0.0502. The normalized spacial score (nSPS) is 19.5. The van der Waals surface area contributed by atoms with Crippen LogP contribution in [0.5, 0.6) is 0 Å². The Kier molecular flexibility index (Phi) is 3.95. The molecule has 1 aromatic rings. The number of aromatic amines is 1. The number of H-pyrrole nitrogens is 1. The van der Waals surface area contributed by atoms with Gasteiger partial charge >= 0.3 is 0 Å². The summed E-state index contributed by atoms with van der Waals surface area (Å²) in [4.78, 5) is 0.215. The summed E-state index contributed by atoms with van der Waals surface area (Å²) in [5.41, 5.74) is 6.15. The van der Waals surface area contributed by atoms with E-state index in [-0.39, 0.29) is 11.4 Å². The molecule has 0 amide bonds. The lowest BCUT2D eigenvalue weighted by atomic mass is 9.92. The molecule has 0 radical (unpaired) electrons. The predicted molar refractivity (Wildman–Crippen MR) is 70.2 cm³/mol. The zero-order chi connectivity index (χ0) is 14.1. The maximum absolute atomic E-state index is 12.5. The average Bonchev–Trinajstić information content (AvgIpc) is 2.70. The Morgan fingerprint density at radius 1 is 1.42 bits per heavy atom. The van der Waals surface area contributed by atoms with Crippen LogP contribution in [0.1, 0.15) is 24.2 Å². The molecule has 2 heterocycles. The van der Waals surface area contributed by atoms with E-state index in [0.717, 1.165) is 0 Å². The molecule has 1 aliphatic heterocycles. The quantitative estimate of drug-likeness (QED) is 0.711. The molecule has 0 aromatic carbocycles. The van der Waals surface area contributed by atoms with Gasteiger partial charge in [-0.3, -0.25) is 5.10 Å². The van der Waals surface area contributed by atoms with Crippen molar-refractivity contribution in [2.45, 2.75) is 37.1 Å². The molecule has 108 valence electrons. The highest BCUT2D eigenvalue weighted by Gasteiger charge is 2.37. The van der Waals surface area contributed by atoms with Crippen LogP contribution in [0.3, 0.4) is 0 Å². The molecule has 0 spiro atoms. The van der Waals surface area contributed by atoms with E-state index in [9.17, 15) is 8.42 Å². The molecule has 7 nitrogen and oxygen atoms in total. The van der Waals surface area contributed by atoms with Crippen LogP contribution >= 0.6 is 0 Å². The first-order valence-corrected chi connectivity index (χ1v) is 7.72. The van der Waals surface area contributed by atoms with Gasteiger partial charge in [0.2, 0.25) is 10.0 Å². The molecule has 1 aliphatic rings. The Morgan fingerprint density at radius 3 is 2.53 bits per heavy atom. The molecular formula is C11H20N4O3S. The summed E-state index contributed by atoms with van der Waals surface area (Å²) < 4.78 is 33.0. The summed E-state index contributed by atoms with van der Waals surface area (Å²) in [5.74, 6) is 0. The van der Waals surface area contributed by atoms with Crippen LogP contribution in [-0.2, 0) is 14.8 Å². The maximum atomic E-state index is 12.5. The third-order valence-corrected chi connectivity index (χ3v) is 5.36. The van der Waals surface area contributed by atoms with Crippen LogP contribution in [0.25, 0.3) is 0 Å². The summed E-state index contributed by atoms with van der Waals surface area (Å²) >= 11 is 0. The second kappa shape index (κ2) is 5.20. The summed E-state index contributed by atoms with van der Waals surface area (Å²) in [6.07, 6.45) is 1.16. The predicted octanol–water partition coefficient (Wildman–Crippen LogP) is -0.187. The largest absolute Gasteiger partial charge is 0.381 e. The Bertz CT molecular complexity index is 527. The lowest BCUT2D eigenvalue weighted by Gasteiger charge is -2.36. The number of ether oxygens (including phenoxy) is 1. The first-order valence-electron chi connectivity index (χ1n) is 6.24. The fourth-order valence-electron chi connectivity index (χ4n) is 2.38. The fourth-order valence-corrected chi connectivity index (χ4v) is 4.23. The van der Waals surface area contributed by atoms with Crippen LogP contribution < -0.4 is 10.5 Å². The second-order valence-corrected chi connectivity index (χ2v) is 6.58. The standard InChI is InChI=1S/C11H20N4O3S/c1-8-10(9(2)14-13-8)19(16,17)15-11(7-12)3-5-18-6-4-11/h15H,3-7,12H2,1-2H3,(H,13,14). The summed E-state index contributed by atoms with van der Waals surface area (Å²) in [5, 5.41) is 6.61. The van der Waals surface area contributed by atoms with E-state index in [2.05, 4.69) is 14.9 Å². The maximum Gasteiger partial charge on any atom is 0.244 e. The number of sulfonamides is 1. The Morgan fingerprint density at radius 2 is 2.05 bits per heavy atom. The zero-order valence-electron chi connectivity index (χ0n) is 11.2. The number of hydrogen-bond acceptors (Lipinski definition) is 5. The molecule has 2 rings (SSSR count). The van der Waals surface area contributed by atoms with E-state index in [0.29, 0.717) is 37.4 Å². The van der Waals surface area contributed by atoms with Crippen molar-refractivity contribution < 1.29 is 13.2 Å². The van der Waals surface area contributed by atoms with Gasteiger partial charge in [0.1, 0.15) is 4.90 Å². The Hall–Kier alpha value is -0.960. The third kappa shape index (κ3) is 2.81. The number of nitrogens with two attached hydrogens (primary N) is 1. The highest BCUT2D eigenvalue weighted by Crippen LogP contribution is 2.24. The zero-order valence-corrected chi connectivity index (χ0v) is 12.0. The summed E-state index contributed by atoms with van der Waals surface area (Å²) in [7, 11) is -3.63. The first-order chi connectivity index (χ1) is 8.90. The number of rotatable bonds is 4. The molecule has 0 atom stereocenters. The van der Waals surface area contributed by atoms with Crippen molar-refractivity contribution in [2.24, 2.45) is 5.73 Å². The molecule has 19 heavy (non-hydrogen) atoms. The summed E-state index contributed by atoms with van der Waals surface area (Å²) in [6, 6.07) is 0. The number of nitrogens with one attached hydrogen (secondary N) is 2. The van der Waals surface area contributed by atoms with E-state index < -0.39 is 15.6 Å². The summed E-state index contributed by atoms with van der Waals surface area (Å²) in [6.45, 7) is 4.64. The minimum Gasteiger partial charge on any atom is -0.381 e. The molecule has 0 aliphatic carbocycles. The van der Waals surface area contributed by atoms with Gasteiger partial charge in [0.25, 0.3) is 0 Å². The Labute approximate surface area is 113 Å². The van der Waals surface area contributed by atoms with Gasteiger partial charge in [0.15, 0.2) is 0 Å². The van der Waals surface area contributed by atoms with E-state index in [4.69, 9.17) is 10.5 Å². The van der Waals surface area contributed by atoms with Gasteiger partial charge in [0.05, 0.1) is 11.4 Å². The Balaban J connectivity index is 2.30. The molecule has 0 unspecified atom stereocenters. The SMILES string of the molecule is Cc1n[nH]c(C)c1S(=O)(=O)NC1(CN)CCOCC1. The molecule has 1 fully saturated rings. The van der Waals surface area contributed by atoms with Gasteiger partial charge in [-0.25, -0.2) is 13.1 Å². The van der Waals surface area contributed by atoms with Gasteiger partial charge in [0, 0.05) is 25.3 Å². The third-order valence-electron chi connectivity index (χ3n) is 3.52. The highest BCUT2D eigenvalue weighted by atomic mass is 32.2. The first kappa shape index (κ1) is 14.4. The minimum atomic E-state index is -3.63. The van der Waals surface area contributed by atoms with Crippen molar-refractivity contribution in [1.82, 2.24) is 14.9 Å². The van der Waals surface area contributed by atoms with Crippen LogP contribution in [0.15, 0.2) is 4.90 Å². The smallest absolute Gasteiger partial charge is 0.244 e. The van der Waals surface area contributed by atoms with Gasteiger partial charge < -0.3 is 10.5 Å². The average molecular weight is 288 g/mol. The second-order valence-electron chi connectivity index (χ2n) is 4.97. The van der Waals surface area contributed by atoms with E-state index >= 15 is 0 Å². The van der Waals surface area contributed by atoms with E-state index in [1.54, 1.807) is 13.8 Å². The van der Waals surface area contributed by atoms with Crippen LogP contribution in [0, 0.1) is 13.8 Å². The van der Waals surface area contributed by atoms with Crippen LogP contribution in [0.4, 0.5) is 0 Å². The number of aryl methyl sites for hydroxylation is 2. The van der Waals surface area contributed by atoms with E-state index in [1.807, 2.05) is 0 Å². The number of nitrogens with zero attached hydrogens (tertiary/aromatic N) is 1. The molecular weight excluding hydrogens is 268 g/mol. The van der Waals surface area contributed by atoms with Gasteiger partial charge in [-0.05, 0) is 26.7 Å². The molecule has 8 heteroatoms. The van der Waals surface area contributed by atoms with Gasteiger partial charge in [-0.1, -0.05) is 0 Å². The van der Waals surface area contributed by atoms with Gasteiger partial charge in [-0.15, -0.1) is 0 Å². The van der Waals surface area contributed by atoms with Gasteiger partial charge in [-0.2, -0.15) is 5.10 Å². The van der Waals surface area contributed by atoms with Crippen molar-refractivity contribution in [3.05, 3.63) is 11.4 Å². The fraction of sp³-hybridized carbons (Fsp3) is 0.727. The van der Waals surface area contributed by atoms with Crippen molar-refractivity contribution >= 4 is 10.0 Å². The van der Waals surface area contributed by atoms with Crippen molar-refractivity contribution in [3.8, 4) is 0 Å².